The van der Waals surface area contributed by atoms with Gasteiger partial charge in [0.1, 0.15) is 6.10 Å². The van der Waals surface area contributed by atoms with Crippen LogP contribution in [0.25, 0.3) is 0 Å². The van der Waals surface area contributed by atoms with E-state index in [4.69, 9.17) is 9.84 Å². The molecule has 1 amide bonds. The third-order valence-corrected chi connectivity index (χ3v) is 3.21. The number of pyridine rings is 1. The van der Waals surface area contributed by atoms with E-state index in [1.165, 1.54) is 19.0 Å². The lowest BCUT2D eigenvalue weighted by Crippen LogP contribution is -2.26. The van der Waals surface area contributed by atoms with Crippen molar-refractivity contribution < 1.29 is 19.4 Å². The molecular weight excluding hydrogens is 260 g/mol. The molecule has 0 spiro atoms. The highest BCUT2D eigenvalue weighted by Crippen LogP contribution is 2.22. The maximum Gasteiger partial charge on any atom is 0.305 e. The second kappa shape index (κ2) is 6.88. The van der Waals surface area contributed by atoms with E-state index in [1.54, 1.807) is 12.1 Å². The normalized spacial score (nSPS) is 15.0. The van der Waals surface area contributed by atoms with Crippen molar-refractivity contribution in [3.63, 3.8) is 0 Å². The number of hydrogen-bond acceptors (Lipinski definition) is 4. The molecule has 0 unspecified atom stereocenters. The van der Waals surface area contributed by atoms with Crippen LogP contribution in [-0.4, -0.2) is 34.6 Å². The number of rotatable bonds is 6. The van der Waals surface area contributed by atoms with Gasteiger partial charge in [-0.2, -0.15) is 0 Å². The van der Waals surface area contributed by atoms with Crippen molar-refractivity contribution in [2.24, 2.45) is 0 Å². The van der Waals surface area contributed by atoms with Gasteiger partial charge in [0, 0.05) is 18.8 Å². The molecule has 2 rings (SSSR count). The van der Waals surface area contributed by atoms with Gasteiger partial charge in [0.15, 0.2) is 0 Å². The molecule has 6 heteroatoms. The Labute approximate surface area is 117 Å². The zero-order valence-corrected chi connectivity index (χ0v) is 11.2. The first-order chi connectivity index (χ1) is 9.65. The number of carboxylic acid groups (broad SMARTS) is 1. The first kappa shape index (κ1) is 14.3. The van der Waals surface area contributed by atoms with Gasteiger partial charge in [-0.3, -0.25) is 9.59 Å². The molecule has 0 radical (unpaired) electrons. The molecule has 1 aliphatic carbocycles. The number of aliphatic carboxylic acids is 1. The van der Waals surface area contributed by atoms with Gasteiger partial charge in [0.25, 0.3) is 5.91 Å². The topological polar surface area (TPSA) is 88.5 Å². The monoisotopic (exact) mass is 278 g/mol. The minimum atomic E-state index is -0.941. The molecule has 2 N–H and O–H groups in total. The molecular formula is C14H18N2O4. The highest BCUT2D eigenvalue weighted by molar-refractivity contribution is 5.94. The number of carboxylic acids is 1. The minimum absolute atomic E-state index is 0.0952. The van der Waals surface area contributed by atoms with Crippen LogP contribution >= 0.6 is 0 Å². The molecule has 0 bridgehead atoms. The predicted octanol–water partition coefficient (Wildman–Crippen LogP) is 1.61. The molecule has 1 aliphatic rings. The predicted molar refractivity (Wildman–Crippen MR) is 71.7 cm³/mol. The van der Waals surface area contributed by atoms with Gasteiger partial charge in [-0.05, 0) is 31.7 Å². The summed E-state index contributed by atoms with van der Waals surface area (Å²) in [6, 6.07) is 3.30. The van der Waals surface area contributed by atoms with E-state index in [2.05, 4.69) is 10.3 Å². The van der Waals surface area contributed by atoms with Gasteiger partial charge in [0.05, 0.1) is 12.0 Å². The van der Waals surface area contributed by atoms with E-state index in [-0.39, 0.29) is 25.0 Å². The van der Waals surface area contributed by atoms with Gasteiger partial charge in [-0.15, -0.1) is 0 Å². The largest absolute Gasteiger partial charge is 0.481 e. The summed E-state index contributed by atoms with van der Waals surface area (Å²) in [4.78, 5) is 26.2. The molecule has 20 heavy (non-hydrogen) atoms. The molecule has 1 aromatic rings. The Morgan fingerprint density at radius 1 is 1.35 bits per heavy atom. The van der Waals surface area contributed by atoms with Crippen molar-refractivity contribution in [2.75, 3.05) is 6.54 Å². The van der Waals surface area contributed by atoms with Crippen molar-refractivity contribution >= 4 is 11.9 Å². The zero-order valence-electron chi connectivity index (χ0n) is 11.2. The number of aromatic nitrogens is 1. The standard InChI is InChI=1S/C14H18N2O4/c17-13(18)7-8-15-14(19)10-5-6-12(16-9-10)20-11-3-1-2-4-11/h5-6,9,11H,1-4,7-8H2,(H,15,19)(H,17,18). The first-order valence-electron chi connectivity index (χ1n) is 6.78. The highest BCUT2D eigenvalue weighted by Gasteiger charge is 2.17. The van der Waals surface area contributed by atoms with Crippen LogP contribution in [-0.2, 0) is 4.79 Å². The van der Waals surface area contributed by atoms with Gasteiger partial charge in [-0.25, -0.2) is 4.98 Å². The SMILES string of the molecule is O=C(O)CCNC(=O)c1ccc(OC2CCCC2)nc1. The Hall–Kier alpha value is -2.11. The Kier molecular flexibility index (Phi) is 4.92. The summed E-state index contributed by atoms with van der Waals surface area (Å²) < 4.78 is 5.70. The summed E-state index contributed by atoms with van der Waals surface area (Å²) in [6.45, 7) is 0.106. The maximum absolute atomic E-state index is 11.7. The molecule has 0 atom stereocenters. The number of carbonyl (C=O) groups is 2. The van der Waals surface area contributed by atoms with Gasteiger partial charge in [-0.1, -0.05) is 0 Å². The fourth-order valence-electron chi connectivity index (χ4n) is 2.15. The third kappa shape index (κ3) is 4.22. The number of nitrogens with zero attached hydrogens (tertiary/aromatic N) is 1. The Morgan fingerprint density at radius 2 is 2.10 bits per heavy atom. The number of carbonyl (C=O) groups excluding carboxylic acids is 1. The zero-order chi connectivity index (χ0) is 14.4. The van der Waals surface area contributed by atoms with Crippen LogP contribution in [0.4, 0.5) is 0 Å². The van der Waals surface area contributed by atoms with Crippen molar-refractivity contribution in [2.45, 2.75) is 38.2 Å². The quantitative estimate of drug-likeness (QED) is 0.825. The summed E-state index contributed by atoms with van der Waals surface area (Å²) in [6.07, 6.45) is 6.07. The number of hydrogen-bond donors (Lipinski definition) is 2. The van der Waals surface area contributed by atoms with Gasteiger partial charge in [0.2, 0.25) is 5.88 Å². The van der Waals surface area contributed by atoms with Crippen LogP contribution in [0.5, 0.6) is 5.88 Å². The van der Waals surface area contributed by atoms with E-state index in [9.17, 15) is 9.59 Å². The summed E-state index contributed by atoms with van der Waals surface area (Å²) in [7, 11) is 0. The van der Waals surface area contributed by atoms with E-state index >= 15 is 0 Å². The minimum Gasteiger partial charge on any atom is -0.481 e. The summed E-state index contributed by atoms with van der Waals surface area (Å²) in [5, 5.41) is 11.0. The van der Waals surface area contributed by atoms with Crippen molar-refractivity contribution in [3.05, 3.63) is 23.9 Å². The smallest absolute Gasteiger partial charge is 0.305 e. The molecule has 0 aromatic carbocycles. The average molecular weight is 278 g/mol. The highest BCUT2D eigenvalue weighted by atomic mass is 16.5. The van der Waals surface area contributed by atoms with Crippen LogP contribution in [0, 0.1) is 0 Å². The van der Waals surface area contributed by atoms with E-state index in [0.29, 0.717) is 11.4 Å². The van der Waals surface area contributed by atoms with E-state index in [1.807, 2.05) is 0 Å². The molecule has 1 aromatic heterocycles. The third-order valence-electron chi connectivity index (χ3n) is 3.21. The molecule has 1 heterocycles. The number of nitrogens with one attached hydrogen (secondary N) is 1. The van der Waals surface area contributed by atoms with E-state index < -0.39 is 5.97 Å². The number of amides is 1. The Balaban J connectivity index is 1.83. The lowest BCUT2D eigenvalue weighted by molar-refractivity contribution is -0.136. The van der Waals surface area contributed by atoms with Crippen molar-refractivity contribution in [3.8, 4) is 5.88 Å². The van der Waals surface area contributed by atoms with Crippen molar-refractivity contribution in [1.29, 1.82) is 0 Å². The fourth-order valence-corrected chi connectivity index (χ4v) is 2.15. The molecule has 6 nitrogen and oxygen atoms in total. The molecule has 1 saturated carbocycles. The molecule has 108 valence electrons. The molecule has 1 fully saturated rings. The van der Waals surface area contributed by atoms with Crippen LogP contribution in [0.15, 0.2) is 18.3 Å². The van der Waals surface area contributed by atoms with E-state index in [0.717, 1.165) is 12.8 Å². The van der Waals surface area contributed by atoms with Gasteiger partial charge < -0.3 is 15.2 Å². The first-order valence-corrected chi connectivity index (χ1v) is 6.78. The summed E-state index contributed by atoms with van der Waals surface area (Å²) in [5.74, 6) is -0.742. The maximum atomic E-state index is 11.7. The second-order valence-electron chi connectivity index (χ2n) is 4.81. The van der Waals surface area contributed by atoms with Gasteiger partial charge >= 0.3 is 5.97 Å². The molecule has 0 saturated heterocycles. The summed E-state index contributed by atoms with van der Waals surface area (Å²) in [5.41, 5.74) is 0.397. The van der Waals surface area contributed by atoms with Crippen LogP contribution in [0.3, 0.4) is 0 Å². The molecule has 0 aliphatic heterocycles. The lowest BCUT2D eigenvalue weighted by atomic mass is 10.2. The average Bonchev–Trinajstić information content (AvgIpc) is 2.92. The van der Waals surface area contributed by atoms with Crippen molar-refractivity contribution in [1.82, 2.24) is 10.3 Å². The Bertz CT molecular complexity index is 467. The van der Waals surface area contributed by atoms with Crippen LogP contribution in [0.1, 0.15) is 42.5 Å². The lowest BCUT2D eigenvalue weighted by Gasteiger charge is -2.12. The van der Waals surface area contributed by atoms with Crippen LogP contribution < -0.4 is 10.1 Å². The Morgan fingerprint density at radius 3 is 2.70 bits per heavy atom. The number of ether oxygens (including phenoxy) is 1. The summed E-state index contributed by atoms with van der Waals surface area (Å²) >= 11 is 0. The van der Waals surface area contributed by atoms with Crippen LogP contribution in [0.2, 0.25) is 0 Å². The second-order valence-corrected chi connectivity index (χ2v) is 4.81. The fraction of sp³-hybridized carbons (Fsp3) is 0.500.